The van der Waals surface area contributed by atoms with Gasteiger partial charge in [0.15, 0.2) is 11.5 Å². The lowest BCUT2D eigenvalue weighted by molar-refractivity contribution is -0.120. The third-order valence-corrected chi connectivity index (χ3v) is 5.65. The van der Waals surface area contributed by atoms with E-state index in [1.807, 2.05) is 6.07 Å². The molecule has 0 saturated carbocycles. The summed E-state index contributed by atoms with van der Waals surface area (Å²) in [6.45, 7) is 1.27. The molecule has 0 aliphatic heterocycles. The van der Waals surface area contributed by atoms with Gasteiger partial charge in [-0.3, -0.25) is 9.10 Å². The largest absolute Gasteiger partial charge is 0.493 e. The Morgan fingerprint density at radius 3 is 2.16 bits per heavy atom. The van der Waals surface area contributed by atoms with E-state index in [1.165, 1.54) is 21.3 Å². The molecule has 0 aromatic heterocycles. The summed E-state index contributed by atoms with van der Waals surface area (Å²) in [5, 5.41) is 12.2. The van der Waals surface area contributed by atoms with Crippen molar-refractivity contribution in [3.05, 3.63) is 47.5 Å². The van der Waals surface area contributed by atoms with Crippen LogP contribution in [0.25, 0.3) is 0 Å². The fraction of sp³-hybridized carbons (Fsp3) is 0.333. The molecule has 1 unspecified atom stereocenters. The average Bonchev–Trinajstić information content (AvgIpc) is 2.74. The lowest BCUT2D eigenvalue weighted by Crippen LogP contribution is -2.41. The van der Waals surface area contributed by atoms with Crippen molar-refractivity contribution in [3.8, 4) is 23.3 Å². The number of nitrogens with one attached hydrogen (secondary N) is 1. The summed E-state index contributed by atoms with van der Waals surface area (Å²) in [5.74, 6) is 0.349. The third-order valence-electron chi connectivity index (χ3n) is 4.53. The smallest absolute Gasteiger partial charge is 0.242 e. The molecule has 2 aromatic carbocycles. The van der Waals surface area contributed by atoms with E-state index in [2.05, 4.69) is 5.32 Å². The van der Waals surface area contributed by atoms with Crippen LogP contribution >= 0.6 is 0 Å². The molecule has 10 heteroatoms. The minimum absolute atomic E-state index is 0.323. The minimum Gasteiger partial charge on any atom is -0.493 e. The first kappa shape index (κ1) is 23.8. The Balaban J connectivity index is 2.33. The molecule has 0 saturated heterocycles. The number of nitriles is 1. The van der Waals surface area contributed by atoms with E-state index in [9.17, 15) is 18.5 Å². The number of methoxy groups -OCH3 is 3. The lowest BCUT2D eigenvalue weighted by Gasteiger charge is -2.24. The van der Waals surface area contributed by atoms with Gasteiger partial charge in [-0.2, -0.15) is 5.26 Å². The molecule has 166 valence electrons. The highest BCUT2D eigenvalue weighted by Crippen LogP contribution is 2.39. The van der Waals surface area contributed by atoms with Crippen LogP contribution in [0.4, 0.5) is 5.69 Å². The van der Waals surface area contributed by atoms with Gasteiger partial charge in [0, 0.05) is 0 Å². The van der Waals surface area contributed by atoms with E-state index in [4.69, 9.17) is 14.2 Å². The maximum Gasteiger partial charge on any atom is 0.242 e. The van der Waals surface area contributed by atoms with Crippen LogP contribution in [0.1, 0.15) is 17.2 Å². The van der Waals surface area contributed by atoms with Gasteiger partial charge in [0.05, 0.1) is 39.3 Å². The van der Waals surface area contributed by atoms with Crippen LogP contribution in [0.2, 0.25) is 0 Å². The maximum atomic E-state index is 12.7. The van der Waals surface area contributed by atoms with Gasteiger partial charge in [-0.05, 0) is 36.2 Å². The highest BCUT2D eigenvalue weighted by molar-refractivity contribution is 7.92. The molecule has 1 atom stereocenters. The summed E-state index contributed by atoms with van der Waals surface area (Å²) >= 11 is 0. The van der Waals surface area contributed by atoms with E-state index in [0.717, 1.165) is 10.6 Å². The Bertz CT molecular complexity index is 1070. The van der Waals surface area contributed by atoms with Crippen molar-refractivity contribution in [1.82, 2.24) is 5.32 Å². The summed E-state index contributed by atoms with van der Waals surface area (Å²) in [7, 11) is 0.589. The zero-order valence-corrected chi connectivity index (χ0v) is 18.8. The van der Waals surface area contributed by atoms with Crippen molar-refractivity contribution in [3.63, 3.8) is 0 Å². The van der Waals surface area contributed by atoms with Crippen molar-refractivity contribution in [2.75, 3.05) is 38.4 Å². The molecule has 0 fully saturated rings. The van der Waals surface area contributed by atoms with Gasteiger partial charge >= 0.3 is 0 Å². The van der Waals surface area contributed by atoms with Crippen molar-refractivity contribution in [2.24, 2.45) is 0 Å². The molecule has 9 nitrogen and oxygen atoms in total. The van der Waals surface area contributed by atoms with Gasteiger partial charge in [0.1, 0.15) is 12.6 Å². The number of sulfonamides is 1. The molecule has 0 heterocycles. The van der Waals surface area contributed by atoms with Crippen LogP contribution in [0.15, 0.2) is 36.4 Å². The van der Waals surface area contributed by atoms with Gasteiger partial charge in [-0.15, -0.1) is 0 Å². The Labute approximate surface area is 182 Å². The number of hydrogen-bond donors (Lipinski definition) is 1. The average molecular weight is 448 g/mol. The zero-order valence-electron chi connectivity index (χ0n) is 18.0. The quantitative estimate of drug-likeness (QED) is 0.626. The topological polar surface area (TPSA) is 118 Å². The van der Waals surface area contributed by atoms with Gasteiger partial charge in [-0.1, -0.05) is 18.2 Å². The third kappa shape index (κ3) is 5.58. The molecule has 0 bridgehead atoms. The summed E-state index contributed by atoms with van der Waals surface area (Å²) in [6.07, 6.45) is 1.02. The van der Waals surface area contributed by atoms with Crippen molar-refractivity contribution < 1.29 is 27.4 Å². The van der Waals surface area contributed by atoms with Crippen LogP contribution in [0.3, 0.4) is 0 Å². The standard InChI is InChI=1S/C21H25N3O6S/c1-14-8-6-7-9-17(14)24(31(5,26)27)13-20(25)23-16(12-22)15-10-18(28-2)21(30-4)19(11-15)29-3/h6-11,16H,13H2,1-5H3,(H,23,25). The number of aryl methyl sites for hydroxylation is 1. The van der Waals surface area contributed by atoms with Crippen molar-refractivity contribution >= 4 is 21.6 Å². The summed E-state index contributed by atoms with van der Waals surface area (Å²) in [4.78, 5) is 12.7. The number of para-hydroxylation sites is 1. The Hall–Kier alpha value is -3.45. The number of ether oxygens (including phenoxy) is 3. The predicted molar refractivity (Wildman–Crippen MR) is 116 cm³/mol. The van der Waals surface area contributed by atoms with E-state index < -0.39 is 28.5 Å². The number of anilines is 1. The molecule has 0 radical (unpaired) electrons. The van der Waals surface area contributed by atoms with Crippen LogP contribution in [0.5, 0.6) is 17.2 Å². The van der Waals surface area contributed by atoms with Gasteiger partial charge < -0.3 is 19.5 Å². The number of rotatable bonds is 9. The van der Waals surface area contributed by atoms with E-state index in [1.54, 1.807) is 43.3 Å². The minimum atomic E-state index is -3.74. The van der Waals surface area contributed by atoms with Gasteiger partial charge in [0.2, 0.25) is 21.7 Å². The van der Waals surface area contributed by atoms with Crippen LogP contribution in [-0.2, 0) is 14.8 Å². The number of benzene rings is 2. The second-order valence-electron chi connectivity index (χ2n) is 6.64. The first-order chi connectivity index (χ1) is 14.7. The zero-order chi connectivity index (χ0) is 23.2. The van der Waals surface area contributed by atoms with E-state index >= 15 is 0 Å². The molecule has 1 N–H and O–H groups in total. The second kappa shape index (κ2) is 10.0. The highest BCUT2D eigenvalue weighted by Gasteiger charge is 2.25. The predicted octanol–water partition coefficient (Wildman–Crippen LogP) is 2.17. The molecule has 31 heavy (non-hydrogen) atoms. The van der Waals surface area contributed by atoms with E-state index in [0.29, 0.717) is 34.1 Å². The van der Waals surface area contributed by atoms with E-state index in [-0.39, 0.29) is 0 Å². The van der Waals surface area contributed by atoms with Crippen LogP contribution in [0, 0.1) is 18.3 Å². The van der Waals surface area contributed by atoms with Crippen LogP contribution < -0.4 is 23.8 Å². The molecular formula is C21H25N3O6S. The molecule has 0 aliphatic carbocycles. The first-order valence-corrected chi connectivity index (χ1v) is 11.0. The molecular weight excluding hydrogens is 422 g/mol. The van der Waals surface area contributed by atoms with Crippen LogP contribution in [-0.4, -0.2) is 48.5 Å². The Kier molecular flexibility index (Phi) is 7.72. The molecule has 2 aromatic rings. The first-order valence-electron chi connectivity index (χ1n) is 9.18. The number of nitrogens with zero attached hydrogens (tertiary/aromatic N) is 2. The lowest BCUT2D eigenvalue weighted by atomic mass is 10.1. The fourth-order valence-corrected chi connectivity index (χ4v) is 3.93. The number of carbonyl (C=O) groups is 1. The van der Waals surface area contributed by atoms with Crippen molar-refractivity contribution in [1.29, 1.82) is 5.26 Å². The number of carbonyl (C=O) groups excluding carboxylic acids is 1. The number of hydrogen-bond acceptors (Lipinski definition) is 7. The van der Waals surface area contributed by atoms with Gasteiger partial charge in [-0.25, -0.2) is 8.42 Å². The molecule has 1 amide bonds. The summed E-state index contributed by atoms with van der Waals surface area (Å²) < 4.78 is 41.5. The fourth-order valence-electron chi connectivity index (χ4n) is 3.02. The monoisotopic (exact) mass is 447 g/mol. The number of amides is 1. The maximum absolute atomic E-state index is 12.7. The van der Waals surface area contributed by atoms with Gasteiger partial charge in [0.25, 0.3) is 0 Å². The normalized spacial score (nSPS) is 11.7. The van der Waals surface area contributed by atoms with Crippen molar-refractivity contribution in [2.45, 2.75) is 13.0 Å². The summed E-state index contributed by atoms with van der Waals surface area (Å²) in [5.41, 5.74) is 1.48. The second-order valence-corrected chi connectivity index (χ2v) is 8.55. The highest BCUT2D eigenvalue weighted by atomic mass is 32.2. The Morgan fingerprint density at radius 1 is 1.13 bits per heavy atom. The SMILES string of the molecule is COc1cc(C(C#N)NC(=O)CN(c2ccccc2C)S(C)(=O)=O)cc(OC)c1OC. The summed E-state index contributed by atoms with van der Waals surface area (Å²) in [6, 6.07) is 10.8. The molecule has 0 aliphatic rings. The Morgan fingerprint density at radius 2 is 1.71 bits per heavy atom. The molecule has 0 spiro atoms. The molecule has 2 rings (SSSR count).